The number of carbonyl (C=O) groups is 1. The molecule has 1 rings (SSSR count). The Morgan fingerprint density at radius 1 is 1.67 bits per heavy atom. The van der Waals surface area contributed by atoms with Crippen molar-refractivity contribution >= 4 is 33.5 Å². The number of benzene rings is 1. The summed E-state index contributed by atoms with van der Waals surface area (Å²) in [6.45, 7) is 0. The Morgan fingerprint density at radius 3 is 2.80 bits per heavy atom. The molecule has 0 atom stereocenters. The molecule has 1 aromatic rings. The SMILES string of the molecule is COC(=O)c1cc(C#N)c(Br)c(CCl)c1. The molecule has 0 bridgehead atoms. The van der Waals surface area contributed by atoms with Crippen LogP contribution in [0.1, 0.15) is 21.5 Å². The Morgan fingerprint density at radius 2 is 2.33 bits per heavy atom. The molecule has 0 heterocycles. The van der Waals surface area contributed by atoms with Crippen LogP contribution in [0.3, 0.4) is 0 Å². The Labute approximate surface area is 101 Å². The summed E-state index contributed by atoms with van der Waals surface area (Å²) in [6.07, 6.45) is 0. The van der Waals surface area contributed by atoms with Crippen molar-refractivity contribution in [1.29, 1.82) is 5.26 Å². The van der Waals surface area contributed by atoms with Crippen LogP contribution in [-0.4, -0.2) is 13.1 Å². The maximum atomic E-state index is 11.3. The minimum atomic E-state index is -0.481. The Bertz CT molecular complexity index is 440. The number of nitrogens with zero attached hydrogens (tertiary/aromatic N) is 1. The van der Waals surface area contributed by atoms with Crippen LogP contribution in [0.25, 0.3) is 0 Å². The summed E-state index contributed by atoms with van der Waals surface area (Å²) >= 11 is 8.94. The fourth-order valence-corrected chi connectivity index (χ4v) is 1.93. The van der Waals surface area contributed by atoms with Gasteiger partial charge in [-0.05, 0) is 33.6 Å². The zero-order valence-electron chi connectivity index (χ0n) is 7.88. The van der Waals surface area contributed by atoms with Crippen molar-refractivity contribution in [3.05, 3.63) is 33.3 Å². The molecule has 0 aliphatic heterocycles. The number of halogens is 2. The zero-order valence-corrected chi connectivity index (χ0v) is 10.2. The van der Waals surface area contributed by atoms with Crippen molar-refractivity contribution in [1.82, 2.24) is 0 Å². The minimum Gasteiger partial charge on any atom is -0.465 e. The first-order valence-electron chi connectivity index (χ1n) is 4.00. The normalized spacial score (nSPS) is 9.47. The Kier molecular flexibility index (Phi) is 4.13. The van der Waals surface area contributed by atoms with Crippen LogP contribution in [0.4, 0.5) is 0 Å². The summed E-state index contributed by atoms with van der Waals surface area (Å²) < 4.78 is 5.19. The van der Waals surface area contributed by atoms with E-state index in [1.54, 1.807) is 6.07 Å². The quantitative estimate of drug-likeness (QED) is 0.621. The molecule has 0 spiro atoms. The van der Waals surface area contributed by atoms with Gasteiger partial charge in [-0.25, -0.2) is 4.79 Å². The van der Waals surface area contributed by atoms with Crippen molar-refractivity contribution in [3.63, 3.8) is 0 Å². The van der Waals surface area contributed by atoms with Gasteiger partial charge >= 0.3 is 5.97 Å². The molecule has 5 heteroatoms. The van der Waals surface area contributed by atoms with Crippen molar-refractivity contribution < 1.29 is 9.53 Å². The summed E-state index contributed by atoms with van der Waals surface area (Å²) in [5, 5.41) is 8.84. The van der Waals surface area contributed by atoms with E-state index in [9.17, 15) is 4.79 Å². The van der Waals surface area contributed by atoms with E-state index < -0.39 is 5.97 Å². The monoisotopic (exact) mass is 287 g/mol. The van der Waals surface area contributed by atoms with Gasteiger partial charge in [-0.15, -0.1) is 11.6 Å². The molecular weight excluding hydrogens is 281 g/mol. The first-order chi connectivity index (χ1) is 7.13. The van der Waals surface area contributed by atoms with Gasteiger partial charge in [0, 0.05) is 10.4 Å². The first kappa shape index (κ1) is 12.0. The summed E-state index contributed by atoms with van der Waals surface area (Å²) in [4.78, 5) is 11.3. The molecule has 0 aliphatic rings. The first-order valence-corrected chi connectivity index (χ1v) is 5.33. The van der Waals surface area contributed by atoms with E-state index in [1.165, 1.54) is 13.2 Å². The van der Waals surface area contributed by atoms with Gasteiger partial charge in [0.15, 0.2) is 0 Å². The number of alkyl halides is 1. The molecule has 0 saturated heterocycles. The van der Waals surface area contributed by atoms with E-state index in [1.807, 2.05) is 6.07 Å². The second kappa shape index (κ2) is 5.15. The topological polar surface area (TPSA) is 50.1 Å². The van der Waals surface area contributed by atoms with Gasteiger partial charge in [-0.2, -0.15) is 5.26 Å². The van der Waals surface area contributed by atoms with E-state index in [0.29, 0.717) is 21.2 Å². The van der Waals surface area contributed by atoms with Crippen molar-refractivity contribution in [2.75, 3.05) is 7.11 Å². The van der Waals surface area contributed by atoms with Crippen LogP contribution in [0, 0.1) is 11.3 Å². The van der Waals surface area contributed by atoms with Crippen LogP contribution < -0.4 is 0 Å². The third-order valence-corrected chi connectivity index (χ3v) is 3.06. The predicted octanol–water partition coefficient (Wildman–Crippen LogP) is 2.85. The summed E-state index contributed by atoms with van der Waals surface area (Å²) in [6, 6.07) is 5.04. The summed E-state index contributed by atoms with van der Waals surface area (Å²) in [7, 11) is 1.29. The number of carbonyl (C=O) groups excluding carboxylic acids is 1. The highest BCUT2D eigenvalue weighted by Crippen LogP contribution is 2.25. The summed E-state index contributed by atoms with van der Waals surface area (Å²) in [5.74, 6) is -0.259. The second-order valence-corrected chi connectivity index (χ2v) is 3.79. The third-order valence-electron chi connectivity index (χ3n) is 1.83. The van der Waals surface area contributed by atoms with E-state index >= 15 is 0 Å². The standard InChI is InChI=1S/C10H7BrClNO2/c1-15-10(14)6-2-7(4-12)9(11)8(3-6)5-13/h2-3H,4H2,1H3. The summed E-state index contributed by atoms with van der Waals surface area (Å²) in [5.41, 5.74) is 1.39. The average Bonchev–Trinajstić information content (AvgIpc) is 2.28. The number of esters is 1. The van der Waals surface area contributed by atoms with Crippen LogP contribution in [0.15, 0.2) is 16.6 Å². The van der Waals surface area contributed by atoms with E-state index in [-0.39, 0.29) is 5.88 Å². The van der Waals surface area contributed by atoms with Gasteiger partial charge in [-0.3, -0.25) is 0 Å². The molecule has 0 saturated carbocycles. The number of rotatable bonds is 2. The number of methoxy groups -OCH3 is 1. The molecule has 15 heavy (non-hydrogen) atoms. The average molecular weight is 289 g/mol. The molecule has 0 aromatic heterocycles. The zero-order chi connectivity index (χ0) is 11.4. The third kappa shape index (κ3) is 2.49. The highest BCUT2D eigenvalue weighted by Gasteiger charge is 2.12. The Hall–Kier alpha value is -1.05. The lowest BCUT2D eigenvalue weighted by Gasteiger charge is -2.05. The smallest absolute Gasteiger partial charge is 0.337 e. The lowest BCUT2D eigenvalue weighted by atomic mass is 10.1. The maximum Gasteiger partial charge on any atom is 0.337 e. The van der Waals surface area contributed by atoms with Crippen LogP contribution in [0.2, 0.25) is 0 Å². The van der Waals surface area contributed by atoms with Crippen molar-refractivity contribution in [2.45, 2.75) is 5.88 Å². The van der Waals surface area contributed by atoms with Gasteiger partial charge < -0.3 is 4.74 Å². The van der Waals surface area contributed by atoms with Crippen LogP contribution >= 0.6 is 27.5 Å². The second-order valence-electron chi connectivity index (χ2n) is 2.73. The van der Waals surface area contributed by atoms with Gasteiger partial charge in [0.2, 0.25) is 0 Å². The molecule has 0 amide bonds. The van der Waals surface area contributed by atoms with Crippen LogP contribution in [-0.2, 0) is 10.6 Å². The predicted molar refractivity (Wildman–Crippen MR) is 59.8 cm³/mol. The Balaban J connectivity index is 3.34. The minimum absolute atomic E-state index is 0.222. The van der Waals surface area contributed by atoms with Crippen LogP contribution in [0.5, 0.6) is 0 Å². The molecule has 0 N–H and O–H groups in total. The van der Waals surface area contributed by atoms with E-state index in [0.717, 1.165) is 0 Å². The lowest BCUT2D eigenvalue weighted by Crippen LogP contribution is -2.03. The van der Waals surface area contributed by atoms with Crippen molar-refractivity contribution in [2.24, 2.45) is 0 Å². The number of hydrogen-bond acceptors (Lipinski definition) is 3. The van der Waals surface area contributed by atoms with Gasteiger partial charge in [0.05, 0.1) is 18.2 Å². The molecular formula is C10H7BrClNO2. The molecule has 78 valence electrons. The molecule has 1 aromatic carbocycles. The number of ether oxygens (including phenoxy) is 1. The van der Waals surface area contributed by atoms with Gasteiger partial charge in [0.1, 0.15) is 6.07 Å². The fourth-order valence-electron chi connectivity index (χ4n) is 1.10. The molecule has 0 fully saturated rings. The fraction of sp³-hybridized carbons (Fsp3) is 0.200. The number of nitriles is 1. The maximum absolute atomic E-state index is 11.3. The molecule has 0 radical (unpaired) electrons. The van der Waals surface area contributed by atoms with Gasteiger partial charge in [0.25, 0.3) is 0 Å². The van der Waals surface area contributed by atoms with E-state index in [4.69, 9.17) is 16.9 Å². The highest BCUT2D eigenvalue weighted by atomic mass is 79.9. The molecule has 3 nitrogen and oxygen atoms in total. The largest absolute Gasteiger partial charge is 0.465 e. The highest BCUT2D eigenvalue weighted by molar-refractivity contribution is 9.10. The number of hydrogen-bond donors (Lipinski definition) is 0. The van der Waals surface area contributed by atoms with E-state index in [2.05, 4.69) is 20.7 Å². The molecule has 0 unspecified atom stereocenters. The molecule has 0 aliphatic carbocycles. The van der Waals surface area contributed by atoms with Crippen molar-refractivity contribution in [3.8, 4) is 6.07 Å². The van der Waals surface area contributed by atoms with Gasteiger partial charge in [-0.1, -0.05) is 0 Å². The lowest BCUT2D eigenvalue weighted by molar-refractivity contribution is 0.0600.